The Labute approximate surface area is 148 Å². The van der Waals surface area contributed by atoms with Gasteiger partial charge >= 0.3 is 0 Å². The summed E-state index contributed by atoms with van der Waals surface area (Å²) in [6.45, 7) is 6.71. The molecular formula is C20H26N2O3. The zero-order valence-electron chi connectivity index (χ0n) is 15.0. The third kappa shape index (κ3) is 3.18. The zero-order valence-corrected chi connectivity index (χ0v) is 15.0. The molecule has 0 spiro atoms. The SMILES string of the molecule is CC1(C)CCc2onc(CN3CCOc4ccccc4C3CO)c2C1. The number of aryl methyl sites for hydroxylation is 1. The largest absolute Gasteiger partial charge is 0.492 e. The summed E-state index contributed by atoms with van der Waals surface area (Å²) in [5.74, 6) is 1.91. The molecule has 5 heteroatoms. The van der Waals surface area contributed by atoms with Crippen molar-refractivity contribution in [2.24, 2.45) is 5.41 Å². The van der Waals surface area contributed by atoms with E-state index in [0.29, 0.717) is 13.2 Å². The predicted molar refractivity (Wildman–Crippen MR) is 94.5 cm³/mol. The van der Waals surface area contributed by atoms with Crippen molar-refractivity contribution in [1.82, 2.24) is 10.1 Å². The Hall–Kier alpha value is -1.85. The summed E-state index contributed by atoms with van der Waals surface area (Å²) in [7, 11) is 0. The van der Waals surface area contributed by atoms with Crippen LogP contribution in [0.5, 0.6) is 5.75 Å². The summed E-state index contributed by atoms with van der Waals surface area (Å²) in [6, 6.07) is 7.90. The molecule has 25 heavy (non-hydrogen) atoms. The number of aliphatic hydroxyl groups is 1. The van der Waals surface area contributed by atoms with Gasteiger partial charge in [0.15, 0.2) is 0 Å². The molecule has 0 fully saturated rings. The predicted octanol–water partition coefficient (Wildman–Crippen LogP) is 3.12. The van der Waals surface area contributed by atoms with Crippen LogP contribution in [0, 0.1) is 5.41 Å². The van der Waals surface area contributed by atoms with Crippen LogP contribution in [-0.4, -0.2) is 34.9 Å². The molecule has 1 aliphatic carbocycles. The first-order valence-corrected chi connectivity index (χ1v) is 9.10. The summed E-state index contributed by atoms with van der Waals surface area (Å²) in [6.07, 6.45) is 3.11. The molecule has 1 aliphatic heterocycles. The lowest BCUT2D eigenvalue weighted by molar-refractivity contribution is 0.111. The molecule has 2 aliphatic rings. The molecule has 134 valence electrons. The normalized spacial score (nSPS) is 22.6. The van der Waals surface area contributed by atoms with Crippen LogP contribution in [0.4, 0.5) is 0 Å². The molecule has 5 nitrogen and oxygen atoms in total. The van der Waals surface area contributed by atoms with E-state index in [-0.39, 0.29) is 18.1 Å². The van der Waals surface area contributed by atoms with E-state index >= 15 is 0 Å². The topological polar surface area (TPSA) is 58.7 Å². The molecule has 0 radical (unpaired) electrons. The van der Waals surface area contributed by atoms with Crippen molar-refractivity contribution < 1.29 is 14.4 Å². The van der Waals surface area contributed by atoms with E-state index in [2.05, 4.69) is 23.9 Å². The smallest absolute Gasteiger partial charge is 0.140 e. The van der Waals surface area contributed by atoms with E-state index < -0.39 is 0 Å². The number of aliphatic hydroxyl groups excluding tert-OH is 1. The van der Waals surface area contributed by atoms with Gasteiger partial charge in [-0.25, -0.2) is 0 Å². The first kappa shape index (κ1) is 16.6. The second-order valence-corrected chi connectivity index (χ2v) is 7.93. The minimum Gasteiger partial charge on any atom is -0.492 e. The average Bonchev–Trinajstić information content (AvgIpc) is 2.87. The van der Waals surface area contributed by atoms with Crippen LogP contribution in [0.25, 0.3) is 0 Å². The molecule has 4 rings (SSSR count). The van der Waals surface area contributed by atoms with E-state index in [1.807, 2.05) is 24.3 Å². The van der Waals surface area contributed by atoms with Crippen LogP contribution < -0.4 is 4.74 Å². The number of nitrogens with zero attached hydrogens (tertiary/aromatic N) is 2. The molecule has 1 aromatic heterocycles. The molecule has 0 saturated carbocycles. The third-order valence-electron chi connectivity index (χ3n) is 5.52. The number of hydrogen-bond donors (Lipinski definition) is 1. The number of ether oxygens (including phenoxy) is 1. The maximum Gasteiger partial charge on any atom is 0.140 e. The lowest BCUT2D eigenvalue weighted by Gasteiger charge is -2.30. The molecule has 1 N–H and O–H groups in total. The molecular weight excluding hydrogens is 316 g/mol. The molecule has 2 aromatic rings. The van der Waals surface area contributed by atoms with Crippen LogP contribution in [0.2, 0.25) is 0 Å². The summed E-state index contributed by atoms with van der Waals surface area (Å²) >= 11 is 0. The Kier molecular flexibility index (Phi) is 4.29. The fourth-order valence-electron chi connectivity index (χ4n) is 4.03. The number of para-hydroxylation sites is 1. The summed E-state index contributed by atoms with van der Waals surface area (Å²) in [5.41, 5.74) is 3.62. The van der Waals surface area contributed by atoms with Crippen molar-refractivity contribution in [3.63, 3.8) is 0 Å². The van der Waals surface area contributed by atoms with Gasteiger partial charge in [-0.15, -0.1) is 0 Å². The van der Waals surface area contributed by atoms with Crippen molar-refractivity contribution in [3.8, 4) is 5.75 Å². The quantitative estimate of drug-likeness (QED) is 0.929. The van der Waals surface area contributed by atoms with Crippen molar-refractivity contribution >= 4 is 0 Å². The van der Waals surface area contributed by atoms with E-state index in [4.69, 9.17) is 9.26 Å². The van der Waals surface area contributed by atoms with Gasteiger partial charge in [0.1, 0.15) is 23.8 Å². The summed E-state index contributed by atoms with van der Waals surface area (Å²) in [4.78, 5) is 2.26. The standard InChI is InChI=1S/C20H26N2O3/c1-20(2)8-7-19-15(11-20)16(21-25-19)12-22-9-10-24-18-6-4-3-5-14(18)17(22)13-23/h3-6,17,23H,7-13H2,1-2H3. The Morgan fingerprint density at radius 2 is 2.16 bits per heavy atom. The van der Waals surface area contributed by atoms with Crippen LogP contribution in [0.3, 0.4) is 0 Å². The number of rotatable bonds is 3. The summed E-state index contributed by atoms with van der Waals surface area (Å²) < 4.78 is 11.5. The Morgan fingerprint density at radius 1 is 1.32 bits per heavy atom. The number of benzene rings is 1. The minimum absolute atomic E-state index is 0.0614. The Morgan fingerprint density at radius 3 is 3.00 bits per heavy atom. The fraction of sp³-hybridized carbons (Fsp3) is 0.550. The monoisotopic (exact) mass is 342 g/mol. The Bertz CT molecular complexity index is 753. The van der Waals surface area contributed by atoms with Gasteiger partial charge < -0.3 is 14.4 Å². The molecule has 1 aromatic carbocycles. The first-order valence-electron chi connectivity index (χ1n) is 9.10. The molecule has 1 atom stereocenters. The van der Waals surface area contributed by atoms with Crippen molar-refractivity contribution in [1.29, 1.82) is 0 Å². The van der Waals surface area contributed by atoms with Crippen LogP contribution >= 0.6 is 0 Å². The maximum absolute atomic E-state index is 10.0. The van der Waals surface area contributed by atoms with Gasteiger partial charge in [0.05, 0.1) is 12.6 Å². The fourth-order valence-corrected chi connectivity index (χ4v) is 4.03. The number of aromatic nitrogens is 1. The van der Waals surface area contributed by atoms with Crippen LogP contribution in [-0.2, 0) is 19.4 Å². The van der Waals surface area contributed by atoms with Crippen molar-refractivity contribution in [3.05, 3.63) is 46.8 Å². The van der Waals surface area contributed by atoms with Crippen LogP contribution in [0.15, 0.2) is 28.8 Å². The van der Waals surface area contributed by atoms with Gasteiger partial charge in [0.2, 0.25) is 0 Å². The lowest BCUT2D eigenvalue weighted by Crippen LogP contribution is -2.33. The number of hydrogen-bond acceptors (Lipinski definition) is 5. The highest BCUT2D eigenvalue weighted by molar-refractivity contribution is 5.37. The van der Waals surface area contributed by atoms with Gasteiger partial charge in [-0.05, 0) is 24.3 Å². The first-order chi connectivity index (χ1) is 12.1. The molecule has 0 bridgehead atoms. The van der Waals surface area contributed by atoms with E-state index in [1.54, 1.807) is 0 Å². The molecule has 0 saturated heterocycles. The van der Waals surface area contributed by atoms with E-state index in [9.17, 15) is 5.11 Å². The molecule has 0 amide bonds. The van der Waals surface area contributed by atoms with Gasteiger partial charge in [0.25, 0.3) is 0 Å². The van der Waals surface area contributed by atoms with E-state index in [0.717, 1.165) is 48.6 Å². The van der Waals surface area contributed by atoms with Crippen LogP contribution in [0.1, 0.15) is 48.9 Å². The average molecular weight is 342 g/mol. The second-order valence-electron chi connectivity index (χ2n) is 7.93. The van der Waals surface area contributed by atoms with Crippen molar-refractivity contribution in [2.75, 3.05) is 19.8 Å². The summed E-state index contributed by atoms with van der Waals surface area (Å²) in [5, 5.41) is 14.4. The highest BCUT2D eigenvalue weighted by Gasteiger charge is 2.33. The molecule has 2 heterocycles. The van der Waals surface area contributed by atoms with Gasteiger partial charge in [-0.3, -0.25) is 4.90 Å². The molecule has 1 unspecified atom stereocenters. The maximum atomic E-state index is 10.0. The highest BCUT2D eigenvalue weighted by atomic mass is 16.5. The number of fused-ring (bicyclic) bond motifs is 2. The second kappa shape index (κ2) is 6.46. The van der Waals surface area contributed by atoms with Crippen molar-refractivity contribution in [2.45, 2.75) is 45.7 Å². The minimum atomic E-state index is -0.0809. The lowest BCUT2D eigenvalue weighted by atomic mass is 9.76. The Balaban J connectivity index is 1.62. The van der Waals surface area contributed by atoms with E-state index in [1.165, 1.54) is 5.56 Å². The third-order valence-corrected chi connectivity index (χ3v) is 5.52. The highest BCUT2D eigenvalue weighted by Crippen LogP contribution is 2.38. The zero-order chi connectivity index (χ0) is 17.4. The van der Waals surface area contributed by atoms with Gasteiger partial charge in [-0.2, -0.15) is 0 Å². The van der Waals surface area contributed by atoms with Gasteiger partial charge in [-0.1, -0.05) is 37.2 Å². The van der Waals surface area contributed by atoms with Gasteiger partial charge in [0, 0.05) is 30.6 Å².